The summed E-state index contributed by atoms with van der Waals surface area (Å²) in [5, 5.41) is 3.02. The van der Waals surface area contributed by atoms with Gasteiger partial charge in [0, 0.05) is 17.0 Å². The van der Waals surface area contributed by atoms with Crippen LogP contribution in [0.25, 0.3) is 0 Å². The van der Waals surface area contributed by atoms with Crippen molar-refractivity contribution in [3.8, 4) is 0 Å². The largest absolute Gasteiger partial charge is 0.461 e. The normalized spacial score (nSPS) is 10.8. The zero-order valence-electron chi connectivity index (χ0n) is 14.1. The first-order valence-electron chi connectivity index (χ1n) is 7.71. The number of thiazole rings is 1. The second kappa shape index (κ2) is 8.65. The highest BCUT2D eigenvalue weighted by atomic mass is 35.5. The standard InChI is InChI=1S/C17H18Cl2N2O3S/c1-4-24-17(23)14-9-25-15(20-14)8-21(10(2)3)16(22)11-5-6-12(18)13(19)7-11/h5-7,9-10H,4,8H2,1-3H3. The molecule has 1 heterocycles. The Labute approximate surface area is 160 Å². The third-order valence-electron chi connectivity index (χ3n) is 3.39. The van der Waals surface area contributed by atoms with Gasteiger partial charge in [0.25, 0.3) is 5.91 Å². The highest BCUT2D eigenvalue weighted by Gasteiger charge is 2.22. The number of aromatic nitrogens is 1. The van der Waals surface area contributed by atoms with Crippen molar-refractivity contribution < 1.29 is 14.3 Å². The lowest BCUT2D eigenvalue weighted by atomic mass is 10.1. The lowest BCUT2D eigenvalue weighted by Crippen LogP contribution is -2.36. The molecular weight excluding hydrogens is 383 g/mol. The Hall–Kier alpha value is -1.63. The molecule has 0 atom stereocenters. The molecule has 0 aliphatic rings. The first-order valence-corrected chi connectivity index (χ1v) is 9.34. The van der Waals surface area contributed by atoms with E-state index in [2.05, 4.69) is 4.98 Å². The van der Waals surface area contributed by atoms with Crippen LogP contribution in [0.3, 0.4) is 0 Å². The van der Waals surface area contributed by atoms with E-state index in [1.807, 2.05) is 13.8 Å². The molecule has 134 valence electrons. The topological polar surface area (TPSA) is 59.5 Å². The average Bonchev–Trinajstić information content (AvgIpc) is 3.03. The quantitative estimate of drug-likeness (QED) is 0.660. The van der Waals surface area contributed by atoms with Crippen LogP contribution in [0.2, 0.25) is 10.0 Å². The summed E-state index contributed by atoms with van der Waals surface area (Å²) in [6.45, 7) is 6.15. The summed E-state index contributed by atoms with van der Waals surface area (Å²) in [6, 6.07) is 4.72. The third kappa shape index (κ3) is 4.93. The van der Waals surface area contributed by atoms with E-state index in [9.17, 15) is 9.59 Å². The number of hydrogen-bond donors (Lipinski definition) is 0. The predicted molar refractivity (Wildman–Crippen MR) is 99.5 cm³/mol. The van der Waals surface area contributed by atoms with Gasteiger partial charge in [0.15, 0.2) is 5.69 Å². The van der Waals surface area contributed by atoms with E-state index in [1.54, 1.807) is 35.4 Å². The van der Waals surface area contributed by atoms with Gasteiger partial charge in [-0.05, 0) is 39.0 Å². The first-order chi connectivity index (χ1) is 11.8. The number of nitrogens with zero attached hydrogens (tertiary/aromatic N) is 2. The molecule has 0 fully saturated rings. The van der Waals surface area contributed by atoms with Crippen molar-refractivity contribution in [1.82, 2.24) is 9.88 Å². The molecule has 0 unspecified atom stereocenters. The van der Waals surface area contributed by atoms with Crippen LogP contribution in [-0.4, -0.2) is 34.4 Å². The summed E-state index contributed by atoms with van der Waals surface area (Å²) in [7, 11) is 0. The SMILES string of the molecule is CCOC(=O)c1csc(CN(C(=O)c2ccc(Cl)c(Cl)c2)C(C)C)n1. The van der Waals surface area contributed by atoms with Gasteiger partial charge in [-0.25, -0.2) is 9.78 Å². The van der Waals surface area contributed by atoms with Crippen LogP contribution in [0.1, 0.15) is 46.6 Å². The summed E-state index contributed by atoms with van der Waals surface area (Å²) in [6.07, 6.45) is 0. The van der Waals surface area contributed by atoms with Crippen LogP contribution in [-0.2, 0) is 11.3 Å². The minimum absolute atomic E-state index is 0.0584. The number of halogens is 2. The Morgan fingerprint density at radius 2 is 2.00 bits per heavy atom. The Balaban J connectivity index is 2.19. The molecule has 8 heteroatoms. The Morgan fingerprint density at radius 1 is 1.28 bits per heavy atom. The second-order valence-electron chi connectivity index (χ2n) is 5.50. The average molecular weight is 401 g/mol. The van der Waals surface area contributed by atoms with E-state index in [0.29, 0.717) is 33.8 Å². The van der Waals surface area contributed by atoms with E-state index in [-0.39, 0.29) is 17.6 Å². The smallest absolute Gasteiger partial charge is 0.357 e. The summed E-state index contributed by atoms with van der Waals surface area (Å²) >= 11 is 13.2. The maximum Gasteiger partial charge on any atom is 0.357 e. The minimum Gasteiger partial charge on any atom is -0.461 e. The molecule has 0 saturated heterocycles. The summed E-state index contributed by atoms with van der Waals surface area (Å²) < 4.78 is 4.93. The number of ether oxygens (including phenoxy) is 1. The lowest BCUT2D eigenvalue weighted by molar-refractivity contribution is 0.0520. The second-order valence-corrected chi connectivity index (χ2v) is 7.26. The maximum atomic E-state index is 12.8. The number of esters is 1. The number of hydrogen-bond acceptors (Lipinski definition) is 5. The molecule has 1 aromatic carbocycles. The molecule has 0 N–H and O–H groups in total. The van der Waals surface area contributed by atoms with Gasteiger partial charge >= 0.3 is 5.97 Å². The molecule has 1 amide bonds. The molecule has 0 saturated carbocycles. The predicted octanol–water partition coefficient (Wildman–Crippen LogP) is 4.68. The molecular formula is C17H18Cl2N2O3S. The van der Waals surface area contributed by atoms with Crippen molar-refractivity contribution in [2.45, 2.75) is 33.4 Å². The zero-order chi connectivity index (χ0) is 18.6. The minimum atomic E-state index is -0.461. The molecule has 0 aliphatic heterocycles. The summed E-state index contributed by atoms with van der Waals surface area (Å²) in [5.74, 6) is -0.640. The fourth-order valence-corrected chi connectivity index (χ4v) is 3.17. The fourth-order valence-electron chi connectivity index (χ4n) is 2.11. The van der Waals surface area contributed by atoms with Crippen molar-refractivity contribution in [2.24, 2.45) is 0 Å². The Bertz CT molecular complexity index is 777. The van der Waals surface area contributed by atoms with E-state index < -0.39 is 5.97 Å². The van der Waals surface area contributed by atoms with Crippen molar-refractivity contribution in [3.05, 3.63) is 49.9 Å². The number of rotatable bonds is 6. The molecule has 1 aromatic heterocycles. The van der Waals surface area contributed by atoms with Gasteiger partial charge in [-0.15, -0.1) is 11.3 Å². The van der Waals surface area contributed by atoms with E-state index in [0.717, 1.165) is 0 Å². The molecule has 2 rings (SSSR count). The van der Waals surface area contributed by atoms with Gasteiger partial charge in [-0.1, -0.05) is 23.2 Å². The first kappa shape index (κ1) is 19.7. The molecule has 0 aliphatic carbocycles. The van der Waals surface area contributed by atoms with Crippen LogP contribution >= 0.6 is 34.5 Å². The van der Waals surface area contributed by atoms with Gasteiger partial charge in [-0.3, -0.25) is 4.79 Å². The van der Waals surface area contributed by atoms with Crippen LogP contribution < -0.4 is 0 Å². The van der Waals surface area contributed by atoms with Gasteiger partial charge < -0.3 is 9.64 Å². The van der Waals surface area contributed by atoms with Gasteiger partial charge in [0.05, 0.1) is 23.2 Å². The van der Waals surface area contributed by atoms with Gasteiger partial charge in [0.1, 0.15) is 5.01 Å². The fraction of sp³-hybridized carbons (Fsp3) is 0.353. The molecule has 25 heavy (non-hydrogen) atoms. The van der Waals surface area contributed by atoms with Crippen molar-refractivity contribution in [3.63, 3.8) is 0 Å². The van der Waals surface area contributed by atoms with E-state index in [1.165, 1.54) is 11.3 Å². The highest BCUT2D eigenvalue weighted by Crippen LogP contribution is 2.24. The summed E-state index contributed by atoms with van der Waals surface area (Å²) in [5.41, 5.74) is 0.706. The van der Waals surface area contributed by atoms with Crippen LogP contribution in [0, 0.1) is 0 Å². The maximum absolute atomic E-state index is 12.8. The van der Waals surface area contributed by atoms with Gasteiger partial charge in [-0.2, -0.15) is 0 Å². The Kier molecular flexibility index (Phi) is 6.81. The number of amides is 1. The van der Waals surface area contributed by atoms with Crippen LogP contribution in [0.5, 0.6) is 0 Å². The molecule has 5 nitrogen and oxygen atoms in total. The van der Waals surface area contributed by atoms with E-state index in [4.69, 9.17) is 27.9 Å². The van der Waals surface area contributed by atoms with Crippen molar-refractivity contribution in [2.75, 3.05) is 6.61 Å². The van der Waals surface area contributed by atoms with Crippen molar-refractivity contribution >= 4 is 46.4 Å². The summed E-state index contributed by atoms with van der Waals surface area (Å²) in [4.78, 5) is 30.4. The molecule has 2 aromatic rings. The molecule has 0 radical (unpaired) electrons. The van der Waals surface area contributed by atoms with Crippen molar-refractivity contribution in [1.29, 1.82) is 0 Å². The lowest BCUT2D eigenvalue weighted by Gasteiger charge is -2.26. The third-order valence-corrected chi connectivity index (χ3v) is 4.97. The van der Waals surface area contributed by atoms with Gasteiger partial charge in [0.2, 0.25) is 0 Å². The number of carbonyl (C=O) groups is 2. The molecule has 0 bridgehead atoms. The highest BCUT2D eigenvalue weighted by molar-refractivity contribution is 7.09. The molecule has 0 spiro atoms. The van der Waals surface area contributed by atoms with E-state index >= 15 is 0 Å². The Morgan fingerprint density at radius 3 is 2.60 bits per heavy atom. The number of benzene rings is 1. The number of carbonyl (C=O) groups excluding carboxylic acids is 2. The van der Waals surface area contributed by atoms with Crippen LogP contribution in [0.4, 0.5) is 0 Å². The zero-order valence-corrected chi connectivity index (χ0v) is 16.4. The van der Waals surface area contributed by atoms with Crippen LogP contribution in [0.15, 0.2) is 23.6 Å². The monoisotopic (exact) mass is 400 g/mol.